The molecule has 1 saturated heterocycles. The zero-order chi connectivity index (χ0) is 8.27. The van der Waals surface area contributed by atoms with Gasteiger partial charge in [0.1, 0.15) is 6.17 Å². The van der Waals surface area contributed by atoms with Crippen LogP contribution in [0.4, 0.5) is 9.18 Å². The zero-order valence-electron chi connectivity index (χ0n) is 6.01. The van der Waals surface area contributed by atoms with Crippen molar-refractivity contribution in [3.8, 4) is 0 Å². The second-order valence-electron chi connectivity index (χ2n) is 2.56. The van der Waals surface area contributed by atoms with Gasteiger partial charge in [-0.2, -0.15) is 0 Å². The summed E-state index contributed by atoms with van der Waals surface area (Å²) in [6.45, 7) is 1.01. The molecule has 0 aromatic carbocycles. The molecule has 0 saturated carbocycles. The first-order valence-corrected chi connectivity index (χ1v) is 3.54. The molecule has 1 fully saturated rings. The highest BCUT2D eigenvalue weighted by atomic mass is 19.1. The summed E-state index contributed by atoms with van der Waals surface area (Å²) < 4.78 is 12.8. The topological polar surface area (TPSA) is 61.4 Å². The monoisotopic (exact) mass is 162 g/mol. The van der Waals surface area contributed by atoms with E-state index >= 15 is 0 Å². The average molecular weight is 162 g/mol. The molecular weight excluding hydrogens is 151 g/mol. The van der Waals surface area contributed by atoms with Crippen molar-refractivity contribution in [2.45, 2.75) is 18.6 Å². The highest BCUT2D eigenvalue weighted by Gasteiger charge is 2.25. The Bertz CT molecular complexity index is 154. The van der Waals surface area contributed by atoms with Crippen LogP contribution in [-0.4, -0.2) is 36.5 Å². The van der Waals surface area contributed by atoms with E-state index in [4.69, 9.17) is 5.11 Å². The van der Waals surface area contributed by atoms with Crippen LogP contribution in [0, 0.1) is 0 Å². The van der Waals surface area contributed by atoms with Gasteiger partial charge in [0.05, 0.1) is 6.04 Å². The lowest BCUT2D eigenvalue weighted by Crippen LogP contribution is -2.51. The predicted molar refractivity (Wildman–Crippen MR) is 37.3 cm³/mol. The van der Waals surface area contributed by atoms with Crippen LogP contribution >= 0.6 is 0 Å². The molecule has 3 N–H and O–H groups in total. The maximum atomic E-state index is 12.8. The van der Waals surface area contributed by atoms with Crippen LogP contribution in [-0.2, 0) is 0 Å². The van der Waals surface area contributed by atoms with E-state index in [2.05, 4.69) is 10.6 Å². The largest absolute Gasteiger partial charge is 0.465 e. The first-order chi connectivity index (χ1) is 5.20. The summed E-state index contributed by atoms with van der Waals surface area (Å²) in [5, 5.41) is 13.3. The maximum Gasteiger partial charge on any atom is 0.405 e. The number of carboxylic acid groups (broad SMARTS) is 1. The Balaban J connectivity index is 2.35. The van der Waals surface area contributed by atoms with Crippen molar-refractivity contribution in [2.24, 2.45) is 0 Å². The third kappa shape index (κ3) is 2.34. The van der Waals surface area contributed by atoms with Gasteiger partial charge in [0, 0.05) is 6.54 Å². The second kappa shape index (κ2) is 3.52. The molecule has 0 aromatic heterocycles. The molecule has 64 valence electrons. The summed E-state index contributed by atoms with van der Waals surface area (Å²) in [6, 6.07) is -0.582. The van der Waals surface area contributed by atoms with Crippen molar-refractivity contribution in [3.63, 3.8) is 0 Å². The molecule has 0 bridgehead atoms. The van der Waals surface area contributed by atoms with Gasteiger partial charge in [0.15, 0.2) is 0 Å². The minimum atomic E-state index is -1.17. The van der Waals surface area contributed by atoms with E-state index in [0.717, 1.165) is 0 Å². The number of halogens is 1. The molecule has 1 amide bonds. The first kappa shape index (κ1) is 8.26. The molecule has 2 atom stereocenters. The molecule has 1 aliphatic rings. The van der Waals surface area contributed by atoms with E-state index in [1.54, 1.807) is 0 Å². The Labute approximate surface area is 63.8 Å². The Morgan fingerprint density at radius 2 is 2.45 bits per heavy atom. The fourth-order valence-corrected chi connectivity index (χ4v) is 1.13. The Morgan fingerprint density at radius 3 is 3.00 bits per heavy atom. The normalized spacial score (nSPS) is 31.4. The molecule has 0 spiro atoms. The Morgan fingerprint density at radius 1 is 1.73 bits per heavy atom. The zero-order valence-corrected chi connectivity index (χ0v) is 6.01. The van der Waals surface area contributed by atoms with E-state index in [-0.39, 0.29) is 0 Å². The second-order valence-corrected chi connectivity index (χ2v) is 2.56. The molecule has 1 aliphatic heterocycles. The van der Waals surface area contributed by atoms with Gasteiger partial charge in [-0.25, -0.2) is 9.18 Å². The predicted octanol–water partition coefficient (Wildman–Crippen LogP) is -0.0460. The highest BCUT2D eigenvalue weighted by Crippen LogP contribution is 2.07. The lowest BCUT2D eigenvalue weighted by Gasteiger charge is -2.26. The minimum Gasteiger partial charge on any atom is -0.465 e. The van der Waals surface area contributed by atoms with Gasteiger partial charge in [-0.3, -0.25) is 0 Å². The molecule has 1 heterocycles. The van der Waals surface area contributed by atoms with Crippen molar-refractivity contribution >= 4 is 6.09 Å². The lowest BCUT2D eigenvalue weighted by molar-refractivity contribution is 0.162. The summed E-state index contributed by atoms with van der Waals surface area (Å²) in [6.07, 6.45) is -1.83. The highest BCUT2D eigenvalue weighted by molar-refractivity contribution is 5.65. The lowest BCUT2D eigenvalue weighted by atomic mass is 10.1. The van der Waals surface area contributed by atoms with E-state index in [0.29, 0.717) is 19.5 Å². The molecule has 4 nitrogen and oxygen atoms in total. The summed E-state index contributed by atoms with van der Waals surface area (Å²) in [7, 11) is 0. The molecule has 0 aliphatic carbocycles. The van der Waals surface area contributed by atoms with Crippen LogP contribution < -0.4 is 10.6 Å². The van der Waals surface area contributed by atoms with Crippen molar-refractivity contribution in [2.75, 3.05) is 13.1 Å². The van der Waals surface area contributed by atoms with Crippen LogP contribution in [0.25, 0.3) is 0 Å². The standard InChI is InChI=1S/C6H11FN2O2/c7-4-1-2-8-3-5(4)9-6(10)11/h4-5,8-9H,1-3H2,(H,10,11)/t4?,5-/m0/s1. The van der Waals surface area contributed by atoms with E-state index < -0.39 is 18.3 Å². The van der Waals surface area contributed by atoms with Crippen molar-refractivity contribution < 1.29 is 14.3 Å². The number of rotatable bonds is 1. The van der Waals surface area contributed by atoms with Gasteiger partial charge in [0.2, 0.25) is 0 Å². The van der Waals surface area contributed by atoms with Gasteiger partial charge in [-0.05, 0) is 13.0 Å². The molecule has 5 heteroatoms. The number of piperidine rings is 1. The first-order valence-electron chi connectivity index (χ1n) is 3.54. The van der Waals surface area contributed by atoms with Gasteiger partial charge in [-0.1, -0.05) is 0 Å². The van der Waals surface area contributed by atoms with Crippen molar-refractivity contribution in [1.29, 1.82) is 0 Å². The van der Waals surface area contributed by atoms with Crippen LogP contribution in [0.2, 0.25) is 0 Å². The molecule has 11 heavy (non-hydrogen) atoms. The SMILES string of the molecule is O=C(O)N[C@H]1CNCCC1F. The quantitative estimate of drug-likeness (QED) is 0.506. The Kier molecular flexibility index (Phi) is 2.64. The third-order valence-corrected chi connectivity index (χ3v) is 1.71. The van der Waals surface area contributed by atoms with Gasteiger partial charge < -0.3 is 15.7 Å². The van der Waals surface area contributed by atoms with Crippen LogP contribution in [0.3, 0.4) is 0 Å². The van der Waals surface area contributed by atoms with E-state index in [9.17, 15) is 9.18 Å². The maximum absolute atomic E-state index is 12.8. The van der Waals surface area contributed by atoms with Crippen LogP contribution in [0.1, 0.15) is 6.42 Å². The molecule has 1 rings (SSSR count). The summed E-state index contributed by atoms with van der Waals surface area (Å²) in [5.74, 6) is 0. The number of hydrogen-bond donors (Lipinski definition) is 3. The number of hydrogen-bond acceptors (Lipinski definition) is 2. The third-order valence-electron chi connectivity index (χ3n) is 1.71. The minimum absolute atomic E-state index is 0.380. The number of amides is 1. The fraction of sp³-hybridized carbons (Fsp3) is 0.833. The van der Waals surface area contributed by atoms with Crippen LogP contribution in [0.15, 0.2) is 0 Å². The summed E-state index contributed by atoms with van der Waals surface area (Å²) in [5.41, 5.74) is 0. The molecule has 0 radical (unpaired) electrons. The van der Waals surface area contributed by atoms with Crippen molar-refractivity contribution in [3.05, 3.63) is 0 Å². The smallest absolute Gasteiger partial charge is 0.405 e. The summed E-state index contributed by atoms with van der Waals surface area (Å²) in [4.78, 5) is 10.1. The molecular formula is C6H11FN2O2. The molecule has 1 unspecified atom stereocenters. The number of carbonyl (C=O) groups is 1. The molecule has 0 aromatic rings. The van der Waals surface area contributed by atoms with E-state index in [1.807, 2.05) is 0 Å². The van der Waals surface area contributed by atoms with E-state index in [1.165, 1.54) is 0 Å². The van der Waals surface area contributed by atoms with Gasteiger partial charge in [-0.15, -0.1) is 0 Å². The Hall–Kier alpha value is -0.840. The fourth-order valence-electron chi connectivity index (χ4n) is 1.13. The van der Waals surface area contributed by atoms with Crippen LogP contribution in [0.5, 0.6) is 0 Å². The van der Waals surface area contributed by atoms with Gasteiger partial charge in [0.25, 0.3) is 0 Å². The van der Waals surface area contributed by atoms with Crippen molar-refractivity contribution in [1.82, 2.24) is 10.6 Å². The number of nitrogens with one attached hydrogen (secondary N) is 2. The van der Waals surface area contributed by atoms with Gasteiger partial charge >= 0.3 is 6.09 Å². The average Bonchev–Trinajstić information content (AvgIpc) is 1.93. The summed E-state index contributed by atoms with van der Waals surface area (Å²) >= 11 is 0. The number of alkyl halides is 1.